The Morgan fingerprint density at radius 2 is 1.90 bits per heavy atom. The Bertz CT molecular complexity index is 775. The molecule has 1 aromatic carbocycles. The summed E-state index contributed by atoms with van der Waals surface area (Å²) in [5.41, 5.74) is 1.15. The molecular formula is C15H13N3O2. The molecule has 0 saturated heterocycles. The summed E-state index contributed by atoms with van der Waals surface area (Å²) < 4.78 is 6.70. The lowest BCUT2D eigenvalue weighted by Gasteiger charge is -2.04. The first-order valence-electron chi connectivity index (χ1n) is 6.16. The van der Waals surface area contributed by atoms with Gasteiger partial charge in [0.25, 0.3) is 5.56 Å². The summed E-state index contributed by atoms with van der Waals surface area (Å²) in [4.78, 5) is 16.6. The highest BCUT2D eigenvalue weighted by Crippen LogP contribution is 2.26. The number of hydrogen-bond donors (Lipinski definition) is 1. The standard InChI is InChI=1S/C15H13N3O2/c1-20-13-7-3-2-6-11(13)12-10-17-18(15(12)19)14-8-4-5-9-16-14/h2-10,17H,1H3. The van der Waals surface area contributed by atoms with Crippen molar-refractivity contribution in [1.82, 2.24) is 14.8 Å². The molecule has 0 saturated carbocycles. The number of aromatic amines is 1. The van der Waals surface area contributed by atoms with Crippen LogP contribution in [0.4, 0.5) is 0 Å². The Hall–Kier alpha value is -2.82. The van der Waals surface area contributed by atoms with Crippen LogP contribution in [0, 0.1) is 0 Å². The highest BCUT2D eigenvalue weighted by Gasteiger charge is 2.13. The number of hydrogen-bond acceptors (Lipinski definition) is 3. The summed E-state index contributed by atoms with van der Waals surface area (Å²) >= 11 is 0. The normalized spacial score (nSPS) is 10.4. The smallest absolute Gasteiger partial charge is 0.280 e. The molecule has 0 atom stereocenters. The van der Waals surface area contributed by atoms with E-state index in [0.29, 0.717) is 17.1 Å². The Balaban J connectivity index is 2.14. The van der Waals surface area contributed by atoms with Gasteiger partial charge in [0.1, 0.15) is 5.75 Å². The predicted octanol–water partition coefficient (Wildman–Crippen LogP) is 2.24. The van der Waals surface area contributed by atoms with Gasteiger partial charge in [-0.15, -0.1) is 0 Å². The van der Waals surface area contributed by atoms with E-state index >= 15 is 0 Å². The van der Waals surface area contributed by atoms with E-state index in [1.807, 2.05) is 30.3 Å². The molecule has 3 rings (SSSR count). The van der Waals surface area contributed by atoms with Gasteiger partial charge in [-0.25, -0.2) is 9.67 Å². The monoisotopic (exact) mass is 267 g/mol. The molecule has 0 unspecified atom stereocenters. The third-order valence-corrected chi connectivity index (χ3v) is 3.05. The number of ether oxygens (including phenoxy) is 1. The molecule has 0 aliphatic heterocycles. The van der Waals surface area contributed by atoms with E-state index in [-0.39, 0.29) is 5.56 Å². The minimum atomic E-state index is -0.159. The minimum absolute atomic E-state index is 0.159. The van der Waals surface area contributed by atoms with Gasteiger partial charge in [-0.2, -0.15) is 0 Å². The lowest BCUT2D eigenvalue weighted by molar-refractivity contribution is 0.416. The van der Waals surface area contributed by atoms with Crippen LogP contribution in [0.2, 0.25) is 0 Å². The van der Waals surface area contributed by atoms with Crippen molar-refractivity contribution >= 4 is 0 Å². The zero-order valence-electron chi connectivity index (χ0n) is 10.9. The Morgan fingerprint density at radius 1 is 1.10 bits per heavy atom. The molecule has 5 heteroatoms. The second kappa shape index (κ2) is 5.05. The second-order valence-corrected chi connectivity index (χ2v) is 4.22. The molecule has 0 aliphatic carbocycles. The fraction of sp³-hybridized carbons (Fsp3) is 0.0667. The zero-order valence-corrected chi connectivity index (χ0v) is 10.9. The molecule has 0 aliphatic rings. The van der Waals surface area contributed by atoms with Crippen molar-refractivity contribution in [2.45, 2.75) is 0 Å². The van der Waals surface area contributed by atoms with Crippen LogP contribution < -0.4 is 10.3 Å². The second-order valence-electron chi connectivity index (χ2n) is 4.22. The Kier molecular flexibility index (Phi) is 3.09. The number of H-pyrrole nitrogens is 1. The van der Waals surface area contributed by atoms with Gasteiger partial charge in [-0.3, -0.25) is 9.89 Å². The number of rotatable bonds is 3. The van der Waals surface area contributed by atoms with Gasteiger partial charge in [-0.05, 0) is 18.2 Å². The van der Waals surface area contributed by atoms with E-state index in [9.17, 15) is 4.79 Å². The van der Waals surface area contributed by atoms with Gasteiger partial charge >= 0.3 is 0 Å². The predicted molar refractivity (Wildman–Crippen MR) is 76.2 cm³/mol. The average Bonchev–Trinajstić information content (AvgIpc) is 2.89. The SMILES string of the molecule is COc1ccccc1-c1c[nH]n(-c2ccccn2)c1=O. The van der Waals surface area contributed by atoms with E-state index in [1.54, 1.807) is 31.6 Å². The molecule has 0 bridgehead atoms. The van der Waals surface area contributed by atoms with Crippen molar-refractivity contribution in [3.05, 3.63) is 65.2 Å². The number of benzene rings is 1. The van der Waals surface area contributed by atoms with Crippen LogP contribution in [0.5, 0.6) is 5.75 Å². The molecule has 1 N–H and O–H groups in total. The highest BCUT2D eigenvalue weighted by molar-refractivity contribution is 5.69. The summed E-state index contributed by atoms with van der Waals surface area (Å²) in [6.07, 6.45) is 3.31. The quantitative estimate of drug-likeness (QED) is 0.791. The first-order valence-corrected chi connectivity index (χ1v) is 6.16. The number of nitrogens with zero attached hydrogens (tertiary/aromatic N) is 2. The number of aromatic nitrogens is 3. The first kappa shape index (κ1) is 12.2. The molecular weight excluding hydrogens is 254 g/mol. The average molecular weight is 267 g/mol. The molecule has 2 aromatic heterocycles. The zero-order chi connectivity index (χ0) is 13.9. The van der Waals surface area contributed by atoms with Gasteiger partial charge in [0.05, 0.1) is 12.7 Å². The van der Waals surface area contributed by atoms with Gasteiger partial charge in [0.2, 0.25) is 0 Å². The fourth-order valence-corrected chi connectivity index (χ4v) is 2.09. The lowest BCUT2D eigenvalue weighted by atomic mass is 10.1. The van der Waals surface area contributed by atoms with Gasteiger partial charge in [0.15, 0.2) is 5.82 Å². The Labute approximate surface area is 115 Å². The van der Waals surface area contributed by atoms with Gasteiger partial charge in [-0.1, -0.05) is 24.3 Å². The lowest BCUT2D eigenvalue weighted by Crippen LogP contribution is -2.16. The molecule has 100 valence electrons. The molecule has 2 heterocycles. The van der Waals surface area contributed by atoms with Crippen molar-refractivity contribution < 1.29 is 4.74 Å². The molecule has 5 nitrogen and oxygen atoms in total. The van der Waals surface area contributed by atoms with Crippen molar-refractivity contribution in [3.63, 3.8) is 0 Å². The minimum Gasteiger partial charge on any atom is -0.496 e. The van der Waals surface area contributed by atoms with Crippen LogP contribution >= 0.6 is 0 Å². The topological polar surface area (TPSA) is 59.9 Å². The number of methoxy groups -OCH3 is 1. The van der Waals surface area contributed by atoms with Crippen LogP contribution in [0.1, 0.15) is 0 Å². The van der Waals surface area contributed by atoms with Gasteiger partial charge in [0, 0.05) is 18.0 Å². The number of nitrogens with one attached hydrogen (secondary N) is 1. The maximum Gasteiger partial charge on any atom is 0.280 e. The van der Waals surface area contributed by atoms with Crippen molar-refractivity contribution in [1.29, 1.82) is 0 Å². The van der Waals surface area contributed by atoms with E-state index < -0.39 is 0 Å². The fourth-order valence-electron chi connectivity index (χ4n) is 2.09. The largest absolute Gasteiger partial charge is 0.496 e. The third-order valence-electron chi connectivity index (χ3n) is 3.05. The van der Waals surface area contributed by atoms with Crippen molar-refractivity contribution in [2.24, 2.45) is 0 Å². The van der Waals surface area contributed by atoms with E-state index in [2.05, 4.69) is 10.1 Å². The molecule has 20 heavy (non-hydrogen) atoms. The molecule has 0 spiro atoms. The highest BCUT2D eigenvalue weighted by atomic mass is 16.5. The van der Waals surface area contributed by atoms with Crippen molar-refractivity contribution in [3.8, 4) is 22.7 Å². The van der Waals surface area contributed by atoms with Gasteiger partial charge < -0.3 is 4.74 Å². The molecule has 0 fully saturated rings. The number of pyridine rings is 1. The number of para-hydroxylation sites is 1. The maximum atomic E-state index is 12.5. The van der Waals surface area contributed by atoms with Crippen LogP contribution in [0.3, 0.4) is 0 Å². The van der Waals surface area contributed by atoms with Crippen LogP contribution in [-0.2, 0) is 0 Å². The molecule has 3 aromatic rings. The van der Waals surface area contributed by atoms with E-state index in [0.717, 1.165) is 5.56 Å². The van der Waals surface area contributed by atoms with E-state index in [1.165, 1.54) is 4.68 Å². The molecule has 0 radical (unpaired) electrons. The first-order chi connectivity index (χ1) is 9.81. The van der Waals surface area contributed by atoms with Crippen molar-refractivity contribution in [2.75, 3.05) is 7.11 Å². The summed E-state index contributed by atoms with van der Waals surface area (Å²) in [6, 6.07) is 12.8. The summed E-state index contributed by atoms with van der Waals surface area (Å²) in [6.45, 7) is 0. The van der Waals surface area contributed by atoms with Crippen LogP contribution in [0.15, 0.2) is 59.7 Å². The molecule has 0 amide bonds. The Morgan fingerprint density at radius 3 is 2.65 bits per heavy atom. The maximum absolute atomic E-state index is 12.5. The summed E-state index contributed by atoms with van der Waals surface area (Å²) in [7, 11) is 1.59. The van der Waals surface area contributed by atoms with Crippen LogP contribution in [-0.4, -0.2) is 21.9 Å². The van der Waals surface area contributed by atoms with E-state index in [4.69, 9.17) is 4.74 Å². The van der Waals surface area contributed by atoms with Crippen LogP contribution in [0.25, 0.3) is 16.9 Å². The summed E-state index contributed by atoms with van der Waals surface area (Å²) in [5, 5.41) is 2.93. The summed E-state index contributed by atoms with van der Waals surface area (Å²) in [5.74, 6) is 1.22. The third kappa shape index (κ3) is 1.99.